The van der Waals surface area contributed by atoms with E-state index in [0.717, 1.165) is 29.3 Å². The van der Waals surface area contributed by atoms with Gasteiger partial charge in [0.05, 0.1) is 0 Å². The van der Waals surface area contributed by atoms with Crippen LogP contribution < -0.4 is 4.74 Å². The van der Waals surface area contributed by atoms with Gasteiger partial charge in [-0.05, 0) is 54.8 Å². The number of halogens is 3. The predicted octanol–water partition coefficient (Wildman–Crippen LogP) is 5.95. The molecule has 0 saturated carbocycles. The van der Waals surface area contributed by atoms with Crippen molar-refractivity contribution in [2.75, 3.05) is 0 Å². The molecule has 0 unspecified atom stereocenters. The molecule has 2 N–H and O–H groups in total. The van der Waals surface area contributed by atoms with Gasteiger partial charge in [-0.15, -0.1) is 0 Å². The number of hydrogen-bond acceptors (Lipinski definition) is 2. The SMILES string of the molecule is CCCc1c[nH]c2ccc(Oc3c(C)cc(O)cc3C(F)(F)F)cc12. The zero-order chi connectivity index (χ0) is 18.2. The molecule has 132 valence electrons. The fourth-order valence-corrected chi connectivity index (χ4v) is 2.92. The number of aryl methyl sites for hydroxylation is 2. The third-order valence-electron chi connectivity index (χ3n) is 4.04. The van der Waals surface area contributed by atoms with E-state index in [-0.39, 0.29) is 11.3 Å². The Bertz CT molecular complexity index is 913. The Morgan fingerprint density at radius 3 is 2.60 bits per heavy atom. The van der Waals surface area contributed by atoms with Crippen molar-refractivity contribution in [3.8, 4) is 17.2 Å². The molecule has 25 heavy (non-hydrogen) atoms. The van der Waals surface area contributed by atoms with Gasteiger partial charge in [0.1, 0.15) is 22.8 Å². The van der Waals surface area contributed by atoms with Gasteiger partial charge < -0.3 is 14.8 Å². The Kier molecular flexibility index (Phi) is 4.37. The van der Waals surface area contributed by atoms with E-state index in [4.69, 9.17) is 4.74 Å². The first-order chi connectivity index (χ1) is 11.8. The smallest absolute Gasteiger partial charge is 0.420 e. The normalized spacial score (nSPS) is 11.9. The van der Waals surface area contributed by atoms with E-state index in [2.05, 4.69) is 11.9 Å². The Morgan fingerprint density at radius 1 is 1.16 bits per heavy atom. The zero-order valence-corrected chi connectivity index (χ0v) is 13.9. The standard InChI is InChI=1S/C19H18F3NO2/c1-3-4-12-10-23-17-6-5-14(9-15(12)17)25-18-11(2)7-13(24)8-16(18)19(20,21)22/h5-10,23-24H,3-4H2,1-2H3. The lowest BCUT2D eigenvalue weighted by atomic mass is 10.1. The van der Waals surface area contributed by atoms with Crippen molar-refractivity contribution in [3.05, 3.63) is 53.2 Å². The van der Waals surface area contributed by atoms with E-state index in [9.17, 15) is 18.3 Å². The lowest BCUT2D eigenvalue weighted by molar-refractivity contribution is -0.138. The number of rotatable bonds is 4. The van der Waals surface area contributed by atoms with Crippen LogP contribution in [0.25, 0.3) is 10.9 Å². The molecule has 3 aromatic rings. The molecular formula is C19H18F3NO2. The minimum Gasteiger partial charge on any atom is -0.508 e. The minimum atomic E-state index is -4.62. The van der Waals surface area contributed by atoms with Gasteiger partial charge in [0.15, 0.2) is 0 Å². The van der Waals surface area contributed by atoms with Gasteiger partial charge >= 0.3 is 6.18 Å². The maximum atomic E-state index is 13.3. The number of aromatic hydroxyl groups is 1. The molecule has 1 aromatic heterocycles. The summed E-state index contributed by atoms with van der Waals surface area (Å²) in [6, 6.07) is 7.08. The number of aromatic nitrogens is 1. The summed E-state index contributed by atoms with van der Waals surface area (Å²) in [5, 5.41) is 10.4. The van der Waals surface area contributed by atoms with Crippen molar-refractivity contribution < 1.29 is 23.0 Å². The van der Waals surface area contributed by atoms with Crippen molar-refractivity contribution in [3.63, 3.8) is 0 Å². The number of phenolic OH excluding ortho intramolecular Hbond substituents is 1. The summed E-state index contributed by atoms with van der Waals surface area (Å²) in [7, 11) is 0. The van der Waals surface area contributed by atoms with Crippen LogP contribution in [-0.4, -0.2) is 10.1 Å². The molecule has 0 atom stereocenters. The second-order valence-electron chi connectivity index (χ2n) is 6.01. The van der Waals surface area contributed by atoms with Crippen molar-refractivity contribution in [2.45, 2.75) is 32.9 Å². The first-order valence-electron chi connectivity index (χ1n) is 7.98. The largest absolute Gasteiger partial charge is 0.508 e. The summed E-state index contributed by atoms with van der Waals surface area (Å²) >= 11 is 0. The molecule has 0 spiro atoms. The Hall–Kier alpha value is -2.63. The molecule has 0 amide bonds. The molecular weight excluding hydrogens is 331 g/mol. The first kappa shape index (κ1) is 17.2. The number of benzene rings is 2. The van der Waals surface area contributed by atoms with Gasteiger partial charge in [-0.3, -0.25) is 0 Å². The molecule has 3 rings (SSSR count). The molecule has 0 bridgehead atoms. The number of aromatic amines is 1. The van der Waals surface area contributed by atoms with Crippen LogP contribution in [-0.2, 0) is 12.6 Å². The van der Waals surface area contributed by atoms with Crippen LogP contribution >= 0.6 is 0 Å². The number of alkyl halides is 3. The van der Waals surface area contributed by atoms with Crippen LogP contribution in [0.2, 0.25) is 0 Å². The quantitative estimate of drug-likeness (QED) is 0.612. The highest BCUT2D eigenvalue weighted by atomic mass is 19.4. The third-order valence-corrected chi connectivity index (χ3v) is 4.04. The second kappa shape index (κ2) is 6.35. The van der Waals surface area contributed by atoms with Crippen LogP contribution in [0.5, 0.6) is 17.2 Å². The Morgan fingerprint density at radius 2 is 1.92 bits per heavy atom. The van der Waals surface area contributed by atoms with Gasteiger partial charge in [0.25, 0.3) is 0 Å². The fraction of sp³-hybridized carbons (Fsp3) is 0.263. The first-order valence-corrected chi connectivity index (χ1v) is 7.98. The predicted molar refractivity (Wildman–Crippen MR) is 90.2 cm³/mol. The van der Waals surface area contributed by atoms with Crippen molar-refractivity contribution in [1.29, 1.82) is 0 Å². The molecule has 0 aliphatic carbocycles. The van der Waals surface area contributed by atoms with Crippen LogP contribution in [0.4, 0.5) is 13.2 Å². The summed E-state index contributed by atoms with van der Waals surface area (Å²) in [6.07, 6.45) is -0.877. The number of hydrogen-bond donors (Lipinski definition) is 2. The summed E-state index contributed by atoms with van der Waals surface area (Å²) in [5.74, 6) is -0.413. The van der Waals surface area contributed by atoms with Crippen LogP contribution in [0.1, 0.15) is 30.0 Å². The average Bonchev–Trinajstić information content (AvgIpc) is 2.92. The molecule has 0 radical (unpaired) electrons. The van der Waals surface area contributed by atoms with Crippen LogP contribution in [0, 0.1) is 6.92 Å². The number of ether oxygens (including phenoxy) is 1. The summed E-state index contributed by atoms with van der Waals surface area (Å²) in [5.41, 5.74) is 1.24. The molecule has 6 heteroatoms. The van der Waals surface area contributed by atoms with Crippen molar-refractivity contribution in [2.24, 2.45) is 0 Å². The van der Waals surface area contributed by atoms with Crippen molar-refractivity contribution in [1.82, 2.24) is 4.98 Å². The summed E-state index contributed by atoms with van der Waals surface area (Å²) < 4.78 is 45.4. The summed E-state index contributed by atoms with van der Waals surface area (Å²) in [4.78, 5) is 3.15. The summed E-state index contributed by atoms with van der Waals surface area (Å²) in [6.45, 7) is 3.54. The highest BCUT2D eigenvalue weighted by Crippen LogP contribution is 2.42. The van der Waals surface area contributed by atoms with Gasteiger partial charge in [0, 0.05) is 17.1 Å². The van der Waals surface area contributed by atoms with Crippen molar-refractivity contribution >= 4 is 10.9 Å². The number of phenols is 1. The fourth-order valence-electron chi connectivity index (χ4n) is 2.92. The van der Waals surface area contributed by atoms with Crippen LogP contribution in [0.3, 0.4) is 0 Å². The number of fused-ring (bicyclic) bond motifs is 1. The highest BCUT2D eigenvalue weighted by Gasteiger charge is 2.36. The molecule has 1 heterocycles. The number of H-pyrrole nitrogens is 1. The van der Waals surface area contributed by atoms with E-state index in [0.29, 0.717) is 11.8 Å². The van der Waals surface area contributed by atoms with E-state index >= 15 is 0 Å². The van der Waals surface area contributed by atoms with Gasteiger partial charge in [-0.1, -0.05) is 13.3 Å². The molecule has 0 aliphatic heterocycles. The maximum absolute atomic E-state index is 13.3. The third kappa shape index (κ3) is 3.43. The monoisotopic (exact) mass is 349 g/mol. The lowest BCUT2D eigenvalue weighted by Crippen LogP contribution is -2.08. The average molecular weight is 349 g/mol. The minimum absolute atomic E-state index is 0.218. The van der Waals surface area contributed by atoms with Crippen LogP contribution in [0.15, 0.2) is 36.5 Å². The molecule has 0 fully saturated rings. The maximum Gasteiger partial charge on any atom is 0.420 e. The van der Waals surface area contributed by atoms with Gasteiger partial charge in [0.2, 0.25) is 0 Å². The van der Waals surface area contributed by atoms with Gasteiger partial charge in [-0.2, -0.15) is 13.2 Å². The zero-order valence-electron chi connectivity index (χ0n) is 13.9. The number of nitrogens with one attached hydrogen (secondary N) is 1. The van der Waals surface area contributed by atoms with E-state index in [1.54, 1.807) is 18.2 Å². The molecule has 0 aliphatic rings. The van der Waals surface area contributed by atoms with E-state index in [1.807, 2.05) is 6.20 Å². The lowest BCUT2D eigenvalue weighted by Gasteiger charge is -2.16. The molecule has 3 nitrogen and oxygen atoms in total. The second-order valence-corrected chi connectivity index (χ2v) is 6.01. The molecule has 2 aromatic carbocycles. The Labute approximate surface area is 143 Å². The van der Waals surface area contributed by atoms with E-state index < -0.39 is 17.5 Å². The van der Waals surface area contributed by atoms with Gasteiger partial charge in [-0.25, -0.2) is 0 Å². The highest BCUT2D eigenvalue weighted by molar-refractivity contribution is 5.84. The topological polar surface area (TPSA) is 45.2 Å². The Balaban J connectivity index is 2.05. The van der Waals surface area contributed by atoms with E-state index in [1.165, 1.54) is 13.0 Å². The molecule has 0 saturated heterocycles.